The SMILES string of the molecule is CC(C)CC(NS(=O)(=O)c1cc(Cl)ccc1Cl)c1ccccc1. The van der Waals surface area contributed by atoms with Gasteiger partial charge in [0.2, 0.25) is 10.0 Å². The average molecular weight is 372 g/mol. The van der Waals surface area contributed by atoms with Crippen LogP contribution in [0.15, 0.2) is 53.4 Å². The molecule has 124 valence electrons. The fraction of sp³-hybridized carbons (Fsp3) is 0.294. The highest BCUT2D eigenvalue weighted by Gasteiger charge is 2.24. The molecule has 0 spiro atoms. The molecule has 0 bridgehead atoms. The zero-order valence-corrected chi connectivity index (χ0v) is 15.3. The van der Waals surface area contributed by atoms with Crippen molar-refractivity contribution in [1.29, 1.82) is 0 Å². The van der Waals surface area contributed by atoms with Gasteiger partial charge in [0.25, 0.3) is 0 Å². The van der Waals surface area contributed by atoms with Gasteiger partial charge in [0.15, 0.2) is 0 Å². The Morgan fingerprint density at radius 2 is 1.70 bits per heavy atom. The van der Waals surface area contributed by atoms with Crippen LogP contribution in [-0.2, 0) is 10.0 Å². The van der Waals surface area contributed by atoms with E-state index in [2.05, 4.69) is 18.6 Å². The lowest BCUT2D eigenvalue weighted by atomic mass is 9.98. The van der Waals surface area contributed by atoms with Crippen LogP contribution >= 0.6 is 23.2 Å². The minimum absolute atomic E-state index is 0.00338. The smallest absolute Gasteiger partial charge is 0.207 e. The standard InChI is InChI=1S/C17H19Cl2NO2S/c1-12(2)10-16(13-6-4-3-5-7-13)20-23(21,22)17-11-14(18)8-9-15(17)19/h3-9,11-12,16,20H,10H2,1-2H3. The van der Waals surface area contributed by atoms with Gasteiger partial charge in [-0.15, -0.1) is 0 Å². The number of halogens is 2. The van der Waals surface area contributed by atoms with Gasteiger partial charge < -0.3 is 0 Å². The molecule has 0 saturated carbocycles. The Morgan fingerprint density at radius 1 is 1.04 bits per heavy atom. The predicted molar refractivity (Wildman–Crippen MR) is 95.4 cm³/mol. The monoisotopic (exact) mass is 371 g/mol. The van der Waals surface area contributed by atoms with Gasteiger partial charge in [0.1, 0.15) is 4.90 Å². The van der Waals surface area contributed by atoms with E-state index in [1.54, 1.807) is 6.07 Å². The molecule has 0 saturated heterocycles. The van der Waals surface area contributed by atoms with Gasteiger partial charge in [-0.2, -0.15) is 0 Å². The third kappa shape index (κ3) is 4.95. The third-order valence-electron chi connectivity index (χ3n) is 3.39. The van der Waals surface area contributed by atoms with E-state index < -0.39 is 10.0 Å². The zero-order chi connectivity index (χ0) is 17.0. The lowest BCUT2D eigenvalue weighted by Gasteiger charge is -2.21. The van der Waals surface area contributed by atoms with E-state index in [-0.39, 0.29) is 16.0 Å². The van der Waals surface area contributed by atoms with Crippen molar-refractivity contribution in [3.05, 3.63) is 64.1 Å². The molecule has 6 heteroatoms. The Bertz CT molecular complexity index is 761. The van der Waals surface area contributed by atoms with Gasteiger partial charge in [-0.3, -0.25) is 0 Å². The summed E-state index contributed by atoms with van der Waals surface area (Å²) in [4.78, 5) is -0.00338. The largest absolute Gasteiger partial charge is 0.242 e. The second-order valence-electron chi connectivity index (χ2n) is 5.79. The molecule has 0 fully saturated rings. The second kappa shape index (κ2) is 7.67. The molecule has 0 aliphatic heterocycles. The maximum Gasteiger partial charge on any atom is 0.242 e. The first-order valence-corrected chi connectivity index (χ1v) is 9.56. The molecule has 1 atom stereocenters. The molecule has 0 radical (unpaired) electrons. The molecule has 3 nitrogen and oxygen atoms in total. The number of hydrogen-bond acceptors (Lipinski definition) is 2. The highest BCUT2D eigenvalue weighted by Crippen LogP contribution is 2.28. The minimum atomic E-state index is -3.77. The molecule has 0 aromatic heterocycles. The summed E-state index contributed by atoms with van der Waals surface area (Å²) in [5, 5.41) is 0.480. The summed E-state index contributed by atoms with van der Waals surface area (Å²) in [5.74, 6) is 0.331. The van der Waals surface area contributed by atoms with Crippen molar-refractivity contribution in [2.45, 2.75) is 31.2 Å². The summed E-state index contributed by atoms with van der Waals surface area (Å²) < 4.78 is 28.2. The molecule has 0 aliphatic carbocycles. The fourth-order valence-corrected chi connectivity index (χ4v) is 4.34. The summed E-state index contributed by atoms with van der Waals surface area (Å²) in [6.07, 6.45) is 0.682. The van der Waals surface area contributed by atoms with Crippen LogP contribution in [0.2, 0.25) is 10.0 Å². The van der Waals surface area contributed by atoms with E-state index in [4.69, 9.17) is 23.2 Å². The molecule has 23 heavy (non-hydrogen) atoms. The molecule has 2 aromatic rings. The average Bonchev–Trinajstić information content (AvgIpc) is 2.49. The van der Waals surface area contributed by atoms with Gasteiger partial charge in [0, 0.05) is 11.1 Å². The number of hydrogen-bond donors (Lipinski definition) is 1. The number of nitrogens with one attached hydrogen (secondary N) is 1. The van der Waals surface area contributed by atoms with Crippen molar-refractivity contribution >= 4 is 33.2 Å². The van der Waals surface area contributed by atoms with E-state index in [1.165, 1.54) is 12.1 Å². The van der Waals surface area contributed by atoms with E-state index in [0.29, 0.717) is 17.4 Å². The molecule has 2 rings (SSSR count). The quantitative estimate of drug-likeness (QED) is 0.771. The van der Waals surface area contributed by atoms with Crippen LogP contribution < -0.4 is 4.72 Å². The number of benzene rings is 2. The summed E-state index contributed by atoms with van der Waals surface area (Å²) in [6, 6.07) is 13.6. The highest BCUT2D eigenvalue weighted by atomic mass is 35.5. The minimum Gasteiger partial charge on any atom is -0.207 e. The molecule has 1 N–H and O–H groups in total. The topological polar surface area (TPSA) is 46.2 Å². The van der Waals surface area contributed by atoms with Gasteiger partial charge in [0.05, 0.1) is 5.02 Å². The first-order valence-electron chi connectivity index (χ1n) is 7.32. The van der Waals surface area contributed by atoms with Crippen LogP contribution in [-0.4, -0.2) is 8.42 Å². The van der Waals surface area contributed by atoms with Crippen LogP contribution in [0.1, 0.15) is 31.9 Å². The highest BCUT2D eigenvalue weighted by molar-refractivity contribution is 7.89. The van der Waals surface area contributed by atoms with Crippen molar-refractivity contribution in [1.82, 2.24) is 4.72 Å². The lowest BCUT2D eigenvalue weighted by molar-refractivity contribution is 0.472. The van der Waals surface area contributed by atoms with E-state index >= 15 is 0 Å². The van der Waals surface area contributed by atoms with Crippen molar-refractivity contribution < 1.29 is 8.42 Å². The predicted octanol–water partition coefficient (Wildman–Crippen LogP) is 5.06. The zero-order valence-electron chi connectivity index (χ0n) is 13.0. The van der Waals surface area contributed by atoms with Crippen LogP contribution in [0.25, 0.3) is 0 Å². The fourth-order valence-electron chi connectivity index (χ4n) is 2.34. The Balaban J connectivity index is 2.36. The van der Waals surface area contributed by atoms with Gasteiger partial charge in [-0.25, -0.2) is 13.1 Å². The van der Waals surface area contributed by atoms with Crippen LogP contribution in [0.5, 0.6) is 0 Å². The summed E-state index contributed by atoms with van der Waals surface area (Å²) in [7, 11) is -3.77. The Morgan fingerprint density at radius 3 is 2.30 bits per heavy atom. The summed E-state index contributed by atoms with van der Waals surface area (Å²) >= 11 is 11.9. The number of rotatable bonds is 6. The molecule has 1 unspecified atom stereocenters. The van der Waals surface area contributed by atoms with Crippen molar-refractivity contribution in [2.24, 2.45) is 5.92 Å². The van der Waals surface area contributed by atoms with Crippen LogP contribution in [0.3, 0.4) is 0 Å². The van der Waals surface area contributed by atoms with Crippen LogP contribution in [0, 0.1) is 5.92 Å². The van der Waals surface area contributed by atoms with Gasteiger partial charge in [-0.1, -0.05) is 67.4 Å². The Hall–Kier alpha value is -1.07. The maximum absolute atomic E-state index is 12.7. The number of sulfonamides is 1. The molecule has 0 amide bonds. The third-order valence-corrected chi connectivity index (χ3v) is 5.58. The Kier molecular flexibility index (Phi) is 6.09. The summed E-state index contributed by atoms with van der Waals surface area (Å²) in [5.41, 5.74) is 0.919. The van der Waals surface area contributed by atoms with E-state index in [9.17, 15) is 8.42 Å². The maximum atomic E-state index is 12.7. The summed E-state index contributed by atoms with van der Waals surface area (Å²) in [6.45, 7) is 4.10. The first-order chi connectivity index (χ1) is 10.8. The molecule has 0 aliphatic rings. The Labute approximate surface area is 147 Å². The van der Waals surface area contributed by atoms with E-state index in [0.717, 1.165) is 5.56 Å². The molecular weight excluding hydrogens is 353 g/mol. The molecule has 2 aromatic carbocycles. The lowest BCUT2D eigenvalue weighted by Crippen LogP contribution is -2.29. The second-order valence-corrected chi connectivity index (χ2v) is 8.31. The normalized spacial score (nSPS) is 13.3. The first kappa shape index (κ1) is 18.3. The van der Waals surface area contributed by atoms with Crippen molar-refractivity contribution in [3.63, 3.8) is 0 Å². The van der Waals surface area contributed by atoms with Crippen molar-refractivity contribution in [2.75, 3.05) is 0 Å². The van der Waals surface area contributed by atoms with Gasteiger partial charge in [-0.05, 0) is 36.1 Å². The van der Waals surface area contributed by atoms with Crippen molar-refractivity contribution in [3.8, 4) is 0 Å². The van der Waals surface area contributed by atoms with Crippen LogP contribution in [0.4, 0.5) is 0 Å². The van der Waals surface area contributed by atoms with Gasteiger partial charge >= 0.3 is 0 Å². The molecule has 0 heterocycles. The molecular formula is C17H19Cl2NO2S. The van der Waals surface area contributed by atoms with E-state index in [1.807, 2.05) is 30.3 Å².